The van der Waals surface area contributed by atoms with Crippen molar-refractivity contribution in [2.45, 2.75) is 26.4 Å². The number of H-pyrrole nitrogens is 1. The molecule has 3 N–H and O–H groups in total. The lowest BCUT2D eigenvalue weighted by molar-refractivity contribution is -0.139. The van der Waals surface area contributed by atoms with Gasteiger partial charge in [-0.15, -0.1) is 0 Å². The number of carbonyl (C=O) groups excluding carboxylic acids is 2. The Labute approximate surface area is 120 Å². The van der Waals surface area contributed by atoms with Crippen LogP contribution in [0.25, 0.3) is 10.8 Å². The second-order valence-corrected chi connectivity index (χ2v) is 4.86. The number of hydrogen-bond acceptors (Lipinski definition) is 4. The maximum Gasteiger partial charge on any atom is 0.309 e. The molecule has 2 amide bonds. The maximum absolute atomic E-state index is 11.6. The van der Waals surface area contributed by atoms with Gasteiger partial charge in [0.15, 0.2) is 0 Å². The molecule has 21 heavy (non-hydrogen) atoms. The predicted molar refractivity (Wildman–Crippen MR) is 77.5 cm³/mol. The fraction of sp³-hybridized carbons (Fsp3) is 0.286. The van der Waals surface area contributed by atoms with Crippen LogP contribution >= 0.6 is 0 Å². The third-order valence-electron chi connectivity index (χ3n) is 2.82. The smallest absolute Gasteiger partial charge is 0.309 e. The molecule has 0 bridgehead atoms. The van der Waals surface area contributed by atoms with E-state index < -0.39 is 11.8 Å². The summed E-state index contributed by atoms with van der Waals surface area (Å²) < 4.78 is 0. The minimum absolute atomic E-state index is 0.0572. The van der Waals surface area contributed by atoms with Crippen LogP contribution in [-0.4, -0.2) is 28.1 Å². The summed E-state index contributed by atoms with van der Waals surface area (Å²) in [5, 5.41) is 12.4. The molecule has 7 heteroatoms. The Kier molecular flexibility index (Phi) is 4.32. The Morgan fingerprint density at radius 2 is 1.86 bits per heavy atom. The number of aromatic amines is 1. The lowest BCUT2D eigenvalue weighted by atomic mass is 10.1. The van der Waals surface area contributed by atoms with E-state index in [1.54, 1.807) is 38.1 Å². The molecule has 1 aromatic heterocycles. The Balaban J connectivity index is 2.14. The molecule has 1 aromatic carbocycles. The van der Waals surface area contributed by atoms with E-state index in [-0.39, 0.29) is 18.1 Å². The summed E-state index contributed by atoms with van der Waals surface area (Å²) in [6, 6.07) is 6.83. The van der Waals surface area contributed by atoms with Crippen LogP contribution in [-0.2, 0) is 16.1 Å². The van der Waals surface area contributed by atoms with E-state index in [4.69, 9.17) is 0 Å². The van der Waals surface area contributed by atoms with E-state index in [1.165, 1.54) is 0 Å². The van der Waals surface area contributed by atoms with Crippen LogP contribution in [0.1, 0.15) is 19.5 Å². The van der Waals surface area contributed by atoms with Crippen LogP contribution < -0.4 is 16.2 Å². The Hall–Kier alpha value is -2.70. The SMILES string of the molecule is CC(C)NC(=O)C(=O)NCc1n[nH]c(=O)c2ccccc12. The molecule has 0 unspecified atom stereocenters. The number of nitrogens with one attached hydrogen (secondary N) is 3. The molecule has 0 fully saturated rings. The van der Waals surface area contributed by atoms with Crippen molar-refractivity contribution in [3.8, 4) is 0 Å². The first kappa shape index (κ1) is 14.7. The van der Waals surface area contributed by atoms with Crippen LogP contribution in [0, 0.1) is 0 Å². The lowest BCUT2D eigenvalue weighted by Gasteiger charge is -2.09. The maximum atomic E-state index is 11.6. The van der Waals surface area contributed by atoms with Gasteiger partial charge in [0.2, 0.25) is 0 Å². The molecule has 7 nitrogen and oxygen atoms in total. The van der Waals surface area contributed by atoms with Gasteiger partial charge in [-0.25, -0.2) is 5.10 Å². The average Bonchev–Trinajstić information content (AvgIpc) is 2.46. The van der Waals surface area contributed by atoms with Gasteiger partial charge in [-0.05, 0) is 19.9 Å². The number of rotatable bonds is 3. The molecule has 0 spiro atoms. The number of hydrogen-bond donors (Lipinski definition) is 3. The van der Waals surface area contributed by atoms with Crippen molar-refractivity contribution in [1.82, 2.24) is 20.8 Å². The summed E-state index contributed by atoms with van der Waals surface area (Å²) in [7, 11) is 0. The molecule has 0 radical (unpaired) electrons. The fourth-order valence-electron chi connectivity index (χ4n) is 1.88. The molecule has 2 aromatic rings. The van der Waals surface area contributed by atoms with Crippen LogP contribution in [0.5, 0.6) is 0 Å². The molecule has 0 aliphatic carbocycles. The second kappa shape index (κ2) is 6.17. The van der Waals surface area contributed by atoms with E-state index in [2.05, 4.69) is 20.8 Å². The summed E-state index contributed by atoms with van der Waals surface area (Å²) >= 11 is 0. The lowest BCUT2D eigenvalue weighted by Crippen LogP contribution is -2.42. The van der Waals surface area contributed by atoms with Crippen molar-refractivity contribution >= 4 is 22.6 Å². The van der Waals surface area contributed by atoms with E-state index in [0.29, 0.717) is 16.5 Å². The highest BCUT2D eigenvalue weighted by Crippen LogP contribution is 2.11. The largest absolute Gasteiger partial charge is 0.346 e. The van der Waals surface area contributed by atoms with E-state index in [0.717, 1.165) is 0 Å². The predicted octanol–water partition coefficient (Wildman–Crippen LogP) is 0.0639. The van der Waals surface area contributed by atoms with Crippen molar-refractivity contribution in [2.24, 2.45) is 0 Å². The van der Waals surface area contributed by atoms with Gasteiger partial charge in [0.1, 0.15) is 0 Å². The van der Waals surface area contributed by atoms with Crippen molar-refractivity contribution in [3.63, 3.8) is 0 Å². The number of nitrogens with zero attached hydrogens (tertiary/aromatic N) is 1. The molecule has 1 heterocycles. The normalized spacial score (nSPS) is 10.6. The van der Waals surface area contributed by atoms with E-state index >= 15 is 0 Å². The summed E-state index contributed by atoms with van der Waals surface area (Å²) in [5.41, 5.74) is 0.203. The highest BCUT2D eigenvalue weighted by molar-refractivity contribution is 6.35. The summed E-state index contributed by atoms with van der Waals surface area (Å²) in [6.07, 6.45) is 0. The number of fused-ring (bicyclic) bond motifs is 1. The van der Waals surface area contributed by atoms with Gasteiger partial charge in [-0.1, -0.05) is 18.2 Å². The van der Waals surface area contributed by atoms with Crippen molar-refractivity contribution in [2.75, 3.05) is 0 Å². The minimum atomic E-state index is -0.735. The third-order valence-corrected chi connectivity index (χ3v) is 2.82. The van der Waals surface area contributed by atoms with Crippen LogP contribution in [0.15, 0.2) is 29.1 Å². The first-order valence-electron chi connectivity index (χ1n) is 6.54. The van der Waals surface area contributed by atoms with Gasteiger partial charge < -0.3 is 10.6 Å². The van der Waals surface area contributed by atoms with Crippen LogP contribution in [0.3, 0.4) is 0 Å². The Morgan fingerprint density at radius 1 is 1.19 bits per heavy atom. The first-order valence-corrected chi connectivity index (χ1v) is 6.54. The second-order valence-electron chi connectivity index (χ2n) is 4.86. The van der Waals surface area contributed by atoms with Gasteiger partial charge in [-0.3, -0.25) is 14.4 Å². The summed E-state index contributed by atoms with van der Waals surface area (Å²) in [6.45, 7) is 3.59. The van der Waals surface area contributed by atoms with Crippen LogP contribution in [0.4, 0.5) is 0 Å². The number of amides is 2. The molecule has 0 atom stereocenters. The molecule has 0 saturated carbocycles. The molecule has 110 valence electrons. The van der Waals surface area contributed by atoms with E-state index in [9.17, 15) is 14.4 Å². The average molecular weight is 288 g/mol. The first-order chi connectivity index (χ1) is 9.99. The van der Waals surface area contributed by atoms with Gasteiger partial charge in [0.25, 0.3) is 5.56 Å². The quantitative estimate of drug-likeness (QED) is 0.695. The van der Waals surface area contributed by atoms with Crippen LogP contribution in [0.2, 0.25) is 0 Å². The Bertz CT molecular complexity index is 736. The minimum Gasteiger partial charge on any atom is -0.346 e. The number of benzene rings is 1. The highest BCUT2D eigenvalue weighted by Gasteiger charge is 2.15. The topological polar surface area (TPSA) is 104 Å². The standard InChI is InChI=1S/C14H16N4O3/c1-8(2)16-14(21)13(20)15-7-11-9-5-3-4-6-10(9)12(19)18-17-11/h3-6,8H,7H2,1-2H3,(H,15,20)(H,16,21)(H,18,19). The van der Waals surface area contributed by atoms with Gasteiger partial charge >= 0.3 is 11.8 Å². The van der Waals surface area contributed by atoms with Crippen molar-refractivity contribution < 1.29 is 9.59 Å². The van der Waals surface area contributed by atoms with Gasteiger partial charge in [0, 0.05) is 11.4 Å². The zero-order chi connectivity index (χ0) is 15.4. The molecule has 0 aliphatic heterocycles. The molecular formula is C14H16N4O3. The Morgan fingerprint density at radius 3 is 2.52 bits per heavy atom. The molecule has 2 rings (SSSR count). The molecule has 0 aliphatic rings. The third kappa shape index (κ3) is 3.44. The summed E-state index contributed by atoms with van der Waals surface area (Å²) in [5.74, 6) is -1.43. The number of carbonyl (C=O) groups is 2. The summed E-state index contributed by atoms with van der Waals surface area (Å²) in [4.78, 5) is 34.8. The van der Waals surface area contributed by atoms with Gasteiger partial charge in [-0.2, -0.15) is 5.10 Å². The highest BCUT2D eigenvalue weighted by atomic mass is 16.2. The molecular weight excluding hydrogens is 272 g/mol. The van der Waals surface area contributed by atoms with E-state index in [1.807, 2.05) is 0 Å². The monoisotopic (exact) mass is 288 g/mol. The zero-order valence-corrected chi connectivity index (χ0v) is 11.8. The van der Waals surface area contributed by atoms with Gasteiger partial charge in [0.05, 0.1) is 17.6 Å². The van der Waals surface area contributed by atoms with Crippen molar-refractivity contribution in [1.29, 1.82) is 0 Å². The molecule has 0 saturated heterocycles. The fourth-order valence-corrected chi connectivity index (χ4v) is 1.88. The number of aromatic nitrogens is 2. The van der Waals surface area contributed by atoms with Crippen molar-refractivity contribution in [3.05, 3.63) is 40.3 Å². The zero-order valence-electron chi connectivity index (χ0n) is 11.8.